The average molecular weight is 307 g/mol. The lowest BCUT2D eigenvalue weighted by molar-refractivity contribution is -0.157. The van der Waals surface area contributed by atoms with Crippen molar-refractivity contribution in [2.75, 3.05) is 26.4 Å². The van der Waals surface area contributed by atoms with Crippen molar-refractivity contribution in [3.8, 4) is 5.75 Å². The number of likely N-dealkylation sites (tertiary alicyclic amines) is 1. The van der Waals surface area contributed by atoms with Crippen LogP contribution in [0.2, 0.25) is 0 Å². The van der Waals surface area contributed by atoms with E-state index in [0.29, 0.717) is 26.0 Å². The third-order valence-corrected chi connectivity index (χ3v) is 3.87. The highest BCUT2D eigenvalue weighted by Crippen LogP contribution is 2.29. The van der Waals surface area contributed by atoms with Gasteiger partial charge in [-0.2, -0.15) is 0 Å². The minimum absolute atomic E-state index is 0.124. The maximum absolute atomic E-state index is 12.1. The Bertz CT molecular complexity index is 519. The number of carboxylic acids is 1. The summed E-state index contributed by atoms with van der Waals surface area (Å²) in [5, 5.41) is 9.27. The predicted molar refractivity (Wildman–Crippen MR) is 79.7 cm³/mol. The Labute approximate surface area is 129 Å². The molecule has 1 aromatic carbocycles. The summed E-state index contributed by atoms with van der Waals surface area (Å²) in [6.07, 6.45) is 1.18. The topological polar surface area (TPSA) is 76.1 Å². The van der Waals surface area contributed by atoms with E-state index in [1.807, 2.05) is 30.3 Å². The molecule has 1 unspecified atom stereocenters. The summed E-state index contributed by atoms with van der Waals surface area (Å²) in [5.74, 6) is -0.511. The first kappa shape index (κ1) is 16.3. The normalized spacial score (nSPS) is 20.9. The quantitative estimate of drug-likeness (QED) is 0.773. The van der Waals surface area contributed by atoms with Crippen molar-refractivity contribution in [2.24, 2.45) is 0 Å². The van der Waals surface area contributed by atoms with E-state index in [1.54, 1.807) is 6.92 Å². The fourth-order valence-corrected chi connectivity index (χ4v) is 2.56. The molecule has 1 saturated heterocycles. The highest BCUT2D eigenvalue weighted by Gasteiger charge is 2.45. The van der Waals surface area contributed by atoms with E-state index in [1.165, 1.54) is 4.90 Å². The molecule has 2 rings (SSSR count). The van der Waals surface area contributed by atoms with Crippen LogP contribution in [0.5, 0.6) is 5.75 Å². The maximum atomic E-state index is 12.1. The van der Waals surface area contributed by atoms with Crippen LogP contribution >= 0.6 is 0 Å². The number of carboxylic acid groups (broad SMARTS) is 1. The Kier molecular flexibility index (Phi) is 5.38. The van der Waals surface area contributed by atoms with Gasteiger partial charge < -0.3 is 19.5 Å². The molecule has 1 amide bonds. The van der Waals surface area contributed by atoms with E-state index in [2.05, 4.69) is 0 Å². The van der Waals surface area contributed by atoms with E-state index in [9.17, 15) is 14.7 Å². The minimum atomic E-state index is -1.11. The average Bonchev–Trinajstić information content (AvgIpc) is 2.91. The first-order chi connectivity index (χ1) is 10.5. The highest BCUT2D eigenvalue weighted by atomic mass is 16.5. The van der Waals surface area contributed by atoms with Gasteiger partial charge in [-0.15, -0.1) is 0 Å². The molecule has 1 aliphatic rings. The lowest BCUT2D eigenvalue weighted by Gasteiger charge is -2.31. The molecule has 1 heterocycles. The molecule has 1 fully saturated rings. The van der Waals surface area contributed by atoms with Gasteiger partial charge in [-0.25, -0.2) is 4.79 Å². The van der Waals surface area contributed by atoms with Gasteiger partial charge in [0.2, 0.25) is 5.91 Å². The number of rotatable bonds is 7. The Morgan fingerprint density at radius 1 is 1.27 bits per heavy atom. The van der Waals surface area contributed by atoms with Crippen molar-refractivity contribution in [3.63, 3.8) is 0 Å². The van der Waals surface area contributed by atoms with Crippen LogP contribution in [-0.2, 0) is 14.3 Å². The van der Waals surface area contributed by atoms with Crippen molar-refractivity contribution < 1.29 is 24.2 Å². The van der Waals surface area contributed by atoms with E-state index in [-0.39, 0.29) is 19.1 Å². The zero-order valence-corrected chi connectivity index (χ0v) is 12.7. The number of nitrogens with zero attached hydrogens (tertiary/aromatic N) is 1. The van der Waals surface area contributed by atoms with Crippen LogP contribution in [0.3, 0.4) is 0 Å². The van der Waals surface area contributed by atoms with Crippen LogP contribution in [0.4, 0.5) is 0 Å². The first-order valence-electron chi connectivity index (χ1n) is 7.33. The third-order valence-electron chi connectivity index (χ3n) is 3.87. The fourth-order valence-electron chi connectivity index (χ4n) is 2.56. The molecule has 0 aliphatic carbocycles. The van der Waals surface area contributed by atoms with Gasteiger partial charge in [0.15, 0.2) is 0 Å². The van der Waals surface area contributed by atoms with Crippen molar-refractivity contribution in [1.29, 1.82) is 0 Å². The summed E-state index contributed by atoms with van der Waals surface area (Å²) in [6, 6.07) is 9.33. The number of hydrogen-bond donors (Lipinski definition) is 1. The molecule has 1 atom stereocenters. The van der Waals surface area contributed by atoms with E-state index < -0.39 is 11.5 Å². The summed E-state index contributed by atoms with van der Waals surface area (Å²) in [6.45, 7) is 2.54. The number of benzene rings is 1. The van der Waals surface area contributed by atoms with Gasteiger partial charge in [0.05, 0.1) is 6.61 Å². The van der Waals surface area contributed by atoms with Gasteiger partial charge in [-0.05, 0) is 31.9 Å². The van der Waals surface area contributed by atoms with Crippen LogP contribution in [0.15, 0.2) is 30.3 Å². The van der Waals surface area contributed by atoms with Crippen LogP contribution in [0, 0.1) is 0 Å². The van der Waals surface area contributed by atoms with Crippen molar-refractivity contribution in [3.05, 3.63) is 30.3 Å². The molecule has 22 heavy (non-hydrogen) atoms. The predicted octanol–water partition coefficient (Wildman–Crippen LogP) is 1.55. The zero-order chi connectivity index (χ0) is 16.0. The number of carbonyl (C=O) groups excluding carboxylic acids is 1. The molecule has 1 N–H and O–H groups in total. The second-order valence-electron chi connectivity index (χ2n) is 5.44. The second-order valence-corrected chi connectivity index (χ2v) is 5.44. The smallest absolute Gasteiger partial charge is 0.329 e. The molecule has 0 spiro atoms. The van der Waals surface area contributed by atoms with Gasteiger partial charge in [0.25, 0.3) is 0 Å². The SMILES string of the molecule is CC1(C(=O)O)CCCN1C(=O)COCCOc1ccccc1. The maximum Gasteiger partial charge on any atom is 0.329 e. The van der Waals surface area contributed by atoms with Crippen molar-refractivity contribution >= 4 is 11.9 Å². The Morgan fingerprint density at radius 3 is 2.68 bits per heavy atom. The molecule has 0 radical (unpaired) electrons. The van der Waals surface area contributed by atoms with Gasteiger partial charge in [0.1, 0.15) is 24.5 Å². The summed E-state index contributed by atoms with van der Waals surface area (Å²) in [5.41, 5.74) is -1.11. The Morgan fingerprint density at radius 2 is 2.00 bits per heavy atom. The third kappa shape index (κ3) is 3.76. The molecule has 1 aromatic rings. The zero-order valence-electron chi connectivity index (χ0n) is 12.7. The molecule has 0 bridgehead atoms. The van der Waals surface area contributed by atoms with Gasteiger partial charge >= 0.3 is 5.97 Å². The fraction of sp³-hybridized carbons (Fsp3) is 0.500. The van der Waals surface area contributed by atoms with Crippen molar-refractivity contribution in [1.82, 2.24) is 4.90 Å². The van der Waals surface area contributed by atoms with E-state index in [0.717, 1.165) is 5.75 Å². The number of aliphatic carboxylic acids is 1. The van der Waals surface area contributed by atoms with Crippen LogP contribution in [-0.4, -0.2) is 53.8 Å². The van der Waals surface area contributed by atoms with Crippen LogP contribution < -0.4 is 4.74 Å². The molecule has 0 aromatic heterocycles. The first-order valence-corrected chi connectivity index (χ1v) is 7.33. The van der Waals surface area contributed by atoms with E-state index in [4.69, 9.17) is 9.47 Å². The minimum Gasteiger partial charge on any atom is -0.491 e. The molecule has 0 saturated carbocycles. The molecule has 120 valence electrons. The summed E-state index contributed by atoms with van der Waals surface area (Å²) < 4.78 is 10.7. The lowest BCUT2D eigenvalue weighted by Crippen LogP contribution is -2.51. The molecule has 6 heteroatoms. The number of carbonyl (C=O) groups is 2. The largest absolute Gasteiger partial charge is 0.491 e. The van der Waals surface area contributed by atoms with Gasteiger partial charge in [0, 0.05) is 6.54 Å². The number of amides is 1. The number of hydrogen-bond acceptors (Lipinski definition) is 4. The molecular formula is C16H21NO5. The molecule has 6 nitrogen and oxygen atoms in total. The molecular weight excluding hydrogens is 286 g/mol. The van der Waals surface area contributed by atoms with Gasteiger partial charge in [-0.3, -0.25) is 4.79 Å². The van der Waals surface area contributed by atoms with E-state index >= 15 is 0 Å². The molecule has 1 aliphatic heterocycles. The standard InChI is InChI=1S/C16H21NO5/c1-16(15(19)20)8-5-9-17(16)14(18)12-21-10-11-22-13-6-3-2-4-7-13/h2-4,6-7H,5,8-12H2,1H3,(H,19,20). The van der Waals surface area contributed by atoms with Crippen molar-refractivity contribution in [2.45, 2.75) is 25.3 Å². The van der Waals surface area contributed by atoms with Crippen LogP contribution in [0.25, 0.3) is 0 Å². The summed E-state index contributed by atoms with van der Waals surface area (Å²) >= 11 is 0. The highest BCUT2D eigenvalue weighted by molar-refractivity contribution is 5.87. The Balaban J connectivity index is 1.71. The summed E-state index contributed by atoms with van der Waals surface area (Å²) in [4.78, 5) is 24.8. The van der Waals surface area contributed by atoms with Crippen LogP contribution in [0.1, 0.15) is 19.8 Å². The Hall–Kier alpha value is -2.08. The second kappa shape index (κ2) is 7.26. The lowest BCUT2D eigenvalue weighted by atomic mass is 9.99. The number of para-hydroxylation sites is 1. The number of ether oxygens (including phenoxy) is 2. The monoisotopic (exact) mass is 307 g/mol. The summed E-state index contributed by atoms with van der Waals surface area (Å²) in [7, 11) is 0. The van der Waals surface area contributed by atoms with Gasteiger partial charge in [-0.1, -0.05) is 18.2 Å².